The maximum atomic E-state index is 13.6. The summed E-state index contributed by atoms with van der Waals surface area (Å²) in [5, 5.41) is 17.2. The first-order chi connectivity index (χ1) is 17.2. The molecule has 2 saturated heterocycles. The van der Waals surface area contributed by atoms with Gasteiger partial charge in [0, 0.05) is 74.4 Å². The highest BCUT2D eigenvalue weighted by Crippen LogP contribution is 2.25. The number of aliphatic imine (C=N–C) groups is 1. The van der Waals surface area contributed by atoms with Gasteiger partial charge < -0.3 is 20.2 Å². The summed E-state index contributed by atoms with van der Waals surface area (Å²) in [4.78, 5) is 10.8. The van der Waals surface area contributed by atoms with Crippen molar-refractivity contribution in [1.29, 1.82) is 0 Å². The molecule has 1 unspecified atom stereocenters. The highest BCUT2D eigenvalue weighted by molar-refractivity contribution is 5.60. The van der Waals surface area contributed by atoms with Crippen LogP contribution in [0.5, 0.6) is 0 Å². The second-order valence-corrected chi connectivity index (χ2v) is 9.69. The summed E-state index contributed by atoms with van der Waals surface area (Å²) >= 11 is 0. The van der Waals surface area contributed by atoms with Gasteiger partial charge in [-0.3, -0.25) is 10.6 Å². The number of benzene rings is 1. The third kappa shape index (κ3) is 4.86. The lowest BCUT2D eigenvalue weighted by Crippen LogP contribution is -2.55. The molecule has 4 N–H and O–H groups in total. The van der Waals surface area contributed by atoms with Gasteiger partial charge in [0.2, 0.25) is 5.79 Å². The van der Waals surface area contributed by atoms with Gasteiger partial charge in [-0.2, -0.15) is 5.10 Å². The van der Waals surface area contributed by atoms with E-state index in [1.165, 1.54) is 12.1 Å². The second kappa shape index (κ2) is 9.64. The van der Waals surface area contributed by atoms with E-state index in [1.54, 1.807) is 17.2 Å². The highest BCUT2D eigenvalue weighted by Gasteiger charge is 2.34. The number of aliphatic hydroxyl groups is 1. The van der Waals surface area contributed by atoms with E-state index in [9.17, 15) is 13.9 Å². The van der Waals surface area contributed by atoms with Gasteiger partial charge >= 0.3 is 0 Å². The molecule has 0 aliphatic carbocycles. The Bertz CT molecular complexity index is 1180. The number of halogens is 2. The zero-order valence-electron chi connectivity index (χ0n) is 20.5. The number of nitrogens with two attached hydrogens (primary N) is 1. The van der Waals surface area contributed by atoms with Gasteiger partial charge in [-0.15, -0.1) is 0 Å². The minimum Gasteiger partial charge on any atom is -0.389 e. The predicted molar refractivity (Wildman–Crippen MR) is 135 cm³/mol. The van der Waals surface area contributed by atoms with Crippen molar-refractivity contribution < 1.29 is 13.9 Å². The van der Waals surface area contributed by atoms with E-state index >= 15 is 0 Å². The number of β-amino-alcohol motifs (C(OH)–C–C–N with tert-alkyl or cyclic N) is 1. The van der Waals surface area contributed by atoms with Crippen LogP contribution in [-0.4, -0.2) is 82.4 Å². The van der Waals surface area contributed by atoms with Crippen LogP contribution in [0, 0.1) is 18.6 Å². The Hall–Kier alpha value is -3.28. The van der Waals surface area contributed by atoms with Gasteiger partial charge in [-0.25, -0.2) is 18.5 Å². The van der Waals surface area contributed by atoms with Crippen LogP contribution in [0.15, 0.2) is 47.4 Å². The molecule has 192 valence electrons. The highest BCUT2D eigenvalue weighted by atomic mass is 19.1. The van der Waals surface area contributed by atoms with Crippen LogP contribution in [0.1, 0.15) is 18.2 Å². The summed E-state index contributed by atoms with van der Waals surface area (Å²) in [5.74, 6) is -1.46. The molecular weight excluding hydrogens is 466 g/mol. The fourth-order valence-electron chi connectivity index (χ4n) is 4.92. The molecule has 2 fully saturated rings. The Morgan fingerprint density at radius 3 is 2.61 bits per heavy atom. The molecular formula is C25H32F2N8O. The first kappa shape index (κ1) is 24.4. The topological polar surface area (TPSA) is 98.2 Å². The van der Waals surface area contributed by atoms with Gasteiger partial charge in [0.05, 0.1) is 18.6 Å². The van der Waals surface area contributed by atoms with Crippen molar-refractivity contribution in [3.05, 3.63) is 65.3 Å². The summed E-state index contributed by atoms with van der Waals surface area (Å²) in [6.45, 7) is 8.11. The Morgan fingerprint density at radius 2 is 1.92 bits per heavy atom. The van der Waals surface area contributed by atoms with E-state index in [2.05, 4.69) is 33.3 Å². The summed E-state index contributed by atoms with van der Waals surface area (Å²) in [5.41, 5.74) is 9.01. The number of aliphatic hydroxyl groups excluding tert-OH is 1. The van der Waals surface area contributed by atoms with Crippen molar-refractivity contribution in [2.24, 2.45) is 10.7 Å². The zero-order valence-corrected chi connectivity index (χ0v) is 20.5. The van der Waals surface area contributed by atoms with Gasteiger partial charge in [-0.1, -0.05) is 12.2 Å². The maximum absolute atomic E-state index is 13.6. The standard InChI is InChI=1S/C25H32F2N8O/c1-17-13-33(22-9-20(26)8-21(27)10-22)7-6-32(17)5-3-4-19-12-31-35(18(19)2)25(28)11-24(29-16-30-25)34-14-23(36)15-34/h3-4,8-12,16-17,23,36H,5-7,13-15,28H2,1-2H3,(H,29,30)/b4-3+/t17-,25?/m1/s1. The van der Waals surface area contributed by atoms with Gasteiger partial charge in [0.25, 0.3) is 0 Å². The van der Waals surface area contributed by atoms with Crippen LogP contribution in [0.25, 0.3) is 6.08 Å². The van der Waals surface area contributed by atoms with Crippen molar-refractivity contribution in [1.82, 2.24) is 24.9 Å². The molecule has 3 aliphatic rings. The molecule has 1 aromatic carbocycles. The lowest BCUT2D eigenvalue weighted by atomic mass is 10.1. The fraction of sp³-hybridized carbons (Fsp3) is 0.440. The number of rotatable bonds is 6. The normalized spacial score (nSPS) is 25.3. The van der Waals surface area contributed by atoms with Crippen LogP contribution in [0.2, 0.25) is 0 Å². The summed E-state index contributed by atoms with van der Waals surface area (Å²) < 4.78 is 28.9. The average Bonchev–Trinajstić information content (AvgIpc) is 3.18. The number of aromatic nitrogens is 2. The van der Waals surface area contributed by atoms with Crippen LogP contribution < -0.4 is 16.0 Å². The Balaban J connectivity index is 1.21. The lowest BCUT2D eigenvalue weighted by molar-refractivity contribution is 0.0204. The Morgan fingerprint density at radius 1 is 1.17 bits per heavy atom. The first-order valence-corrected chi connectivity index (χ1v) is 12.1. The summed E-state index contributed by atoms with van der Waals surface area (Å²) in [6.07, 6.45) is 8.97. The van der Waals surface area contributed by atoms with Crippen molar-refractivity contribution in [3.8, 4) is 0 Å². The largest absolute Gasteiger partial charge is 0.389 e. The monoisotopic (exact) mass is 498 g/mol. The molecule has 3 aliphatic heterocycles. The molecule has 2 aromatic rings. The quantitative estimate of drug-likeness (QED) is 0.554. The van der Waals surface area contributed by atoms with E-state index in [0.717, 1.165) is 36.2 Å². The van der Waals surface area contributed by atoms with Crippen LogP contribution in [-0.2, 0) is 5.79 Å². The molecule has 0 amide bonds. The smallest absolute Gasteiger partial charge is 0.228 e. The number of nitrogens with zero attached hydrogens (tertiary/aromatic N) is 6. The average molecular weight is 499 g/mol. The van der Waals surface area contributed by atoms with Crippen molar-refractivity contribution >= 4 is 18.1 Å². The number of likely N-dealkylation sites (tertiary alicyclic amines) is 1. The summed E-state index contributed by atoms with van der Waals surface area (Å²) in [7, 11) is 0. The zero-order chi connectivity index (χ0) is 25.4. The van der Waals surface area contributed by atoms with E-state index in [4.69, 9.17) is 5.73 Å². The minimum atomic E-state index is -1.15. The number of piperazine rings is 1. The minimum absolute atomic E-state index is 0.221. The Labute approximate surface area is 209 Å². The van der Waals surface area contributed by atoms with Crippen molar-refractivity contribution in [3.63, 3.8) is 0 Å². The third-order valence-electron chi connectivity index (χ3n) is 7.04. The van der Waals surface area contributed by atoms with Gasteiger partial charge in [0.1, 0.15) is 17.5 Å². The first-order valence-electron chi connectivity index (χ1n) is 12.1. The van der Waals surface area contributed by atoms with Crippen molar-refractivity contribution in [2.75, 3.05) is 44.2 Å². The summed E-state index contributed by atoms with van der Waals surface area (Å²) in [6, 6.07) is 3.88. The third-order valence-corrected chi connectivity index (χ3v) is 7.04. The van der Waals surface area contributed by atoms with Crippen molar-refractivity contribution in [2.45, 2.75) is 31.8 Å². The molecule has 1 aromatic heterocycles. The molecule has 5 rings (SSSR count). The molecule has 9 nitrogen and oxygen atoms in total. The SMILES string of the molecule is Cc1c(/C=C/CN2CCN(c3cc(F)cc(F)c3)C[C@H]2C)cnn1C1(N)C=C(N2CC(O)C2)NC=N1. The van der Waals surface area contributed by atoms with Gasteiger partial charge in [-0.05, 0) is 26.0 Å². The maximum Gasteiger partial charge on any atom is 0.228 e. The Kier molecular flexibility index (Phi) is 6.54. The molecule has 36 heavy (non-hydrogen) atoms. The molecule has 0 saturated carbocycles. The predicted octanol–water partition coefficient (Wildman–Crippen LogP) is 1.41. The number of anilines is 1. The molecule has 0 radical (unpaired) electrons. The van der Waals surface area contributed by atoms with Crippen LogP contribution in [0.3, 0.4) is 0 Å². The van der Waals surface area contributed by atoms with E-state index in [-0.39, 0.29) is 12.1 Å². The number of nitrogens with one attached hydrogen (secondary N) is 1. The number of hydrogen-bond donors (Lipinski definition) is 3. The molecule has 4 heterocycles. The van der Waals surface area contributed by atoms with Gasteiger partial charge in [0.15, 0.2) is 0 Å². The lowest BCUT2D eigenvalue weighted by Gasteiger charge is -2.41. The molecule has 0 bridgehead atoms. The second-order valence-electron chi connectivity index (χ2n) is 9.69. The van der Waals surface area contributed by atoms with Crippen LogP contribution >= 0.6 is 0 Å². The van der Waals surface area contributed by atoms with E-state index in [1.807, 2.05) is 28.9 Å². The molecule has 2 atom stereocenters. The number of hydrogen-bond acceptors (Lipinski definition) is 8. The molecule has 11 heteroatoms. The molecule has 0 spiro atoms. The van der Waals surface area contributed by atoms with E-state index < -0.39 is 17.4 Å². The van der Waals surface area contributed by atoms with Crippen LogP contribution in [0.4, 0.5) is 14.5 Å². The van der Waals surface area contributed by atoms with E-state index in [0.29, 0.717) is 31.9 Å². The fourth-order valence-corrected chi connectivity index (χ4v) is 4.92.